The van der Waals surface area contributed by atoms with Gasteiger partial charge in [0.15, 0.2) is 0 Å². The van der Waals surface area contributed by atoms with Crippen molar-refractivity contribution in [2.45, 2.75) is 32.7 Å². The Labute approximate surface area is 117 Å². The summed E-state index contributed by atoms with van der Waals surface area (Å²) >= 11 is 0. The molecule has 0 radical (unpaired) electrons. The van der Waals surface area contributed by atoms with Crippen LogP contribution in [0, 0.1) is 11.3 Å². The number of imidazole rings is 1. The number of carbonyl (C=O) groups excluding carboxylic acids is 1. The number of nitriles is 1. The molecule has 0 bridgehead atoms. The van der Waals surface area contributed by atoms with Gasteiger partial charge in [-0.3, -0.25) is 0 Å². The molecular weight excluding hydrogens is 254 g/mol. The number of hydrogen-bond donors (Lipinski definition) is 0. The number of esters is 1. The Morgan fingerprint density at radius 3 is 2.85 bits per heavy atom. The fourth-order valence-corrected chi connectivity index (χ4v) is 2.33. The van der Waals surface area contributed by atoms with Crippen LogP contribution < -0.4 is 0 Å². The van der Waals surface area contributed by atoms with Crippen molar-refractivity contribution in [1.29, 1.82) is 5.26 Å². The molecule has 2 aromatic rings. The Kier molecular flexibility index (Phi) is 4.36. The molecule has 5 nitrogen and oxygen atoms in total. The number of benzene rings is 1. The van der Waals surface area contributed by atoms with Crippen LogP contribution >= 0.6 is 0 Å². The van der Waals surface area contributed by atoms with E-state index >= 15 is 0 Å². The molecule has 1 unspecified atom stereocenters. The molecule has 0 aliphatic heterocycles. The highest BCUT2D eigenvalue weighted by atomic mass is 16.5. The largest absolute Gasteiger partial charge is 0.464 e. The van der Waals surface area contributed by atoms with Crippen LogP contribution in [-0.4, -0.2) is 22.1 Å². The Bertz CT molecular complexity index is 655. The molecule has 0 aliphatic rings. The van der Waals surface area contributed by atoms with E-state index in [1.165, 1.54) is 0 Å². The summed E-state index contributed by atoms with van der Waals surface area (Å²) in [6.07, 6.45) is 0.766. The van der Waals surface area contributed by atoms with Crippen LogP contribution in [0.5, 0.6) is 0 Å². The highest BCUT2D eigenvalue weighted by Crippen LogP contribution is 2.24. The van der Waals surface area contributed by atoms with Crippen molar-refractivity contribution >= 4 is 17.0 Å². The van der Waals surface area contributed by atoms with Crippen LogP contribution in [0.15, 0.2) is 24.3 Å². The van der Waals surface area contributed by atoms with Crippen LogP contribution in [0.2, 0.25) is 0 Å². The third-order valence-corrected chi connectivity index (χ3v) is 3.16. The van der Waals surface area contributed by atoms with E-state index in [1.54, 1.807) is 6.92 Å². The highest BCUT2D eigenvalue weighted by molar-refractivity contribution is 5.81. The fraction of sp³-hybridized carbons (Fsp3) is 0.400. The number of nitrogens with zero attached hydrogens (tertiary/aromatic N) is 3. The second kappa shape index (κ2) is 6.20. The van der Waals surface area contributed by atoms with Crippen LogP contribution in [0.4, 0.5) is 0 Å². The summed E-state index contributed by atoms with van der Waals surface area (Å²) in [6.45, 7) is 4.05. The number of fused-ring (bicyclic) bond motifs is 1. The molecule has 0 amide bonds. The van der Waals surface area contributed by atoms with Gasteiger partial charge in [0.05, 0.1) is 30.1 Å². The molecule has 20 heavy (non-hydrogen) atoms. The zero-order valence-corrected chi connectivity index (χ0v) is 11.7. The number of carbonyl (C=O) groups is 1. The smallest absolute Gasteiger partial charge is 0.329 e. The van der Waals surface area contributed by atoms with E-state index in [0.717, 1.165) is 11.0 Å². The van der Waals surface area contributed by atoms with Crippen molar-refractivity contribution in [2.75, 3.05) is 6.61 Å². The third kappa shape index (κ3) is 2.50. The average molecular weight is 271 g/mol. The maximum Gasteiger partial charge on any atom is 0.329 e. The molecular formula is C15H17N3O2. The number of aromatic nitrogens is 2. The Balaban J connectivity index is 2.57. The lowest BCUT2D eigenvalue weighted by molar-refractivity contribution is -0.147. The predicted molar refractivity (Wildman–Crippen MR) is 75.0 cm³/mol. The van der Waals surface area contributed by atoms with Gasteiger partial charge in [-0.15, -0.1) is 0 Å². The summed E-state index contributed by atoms with van der Waals surface area (Å²) in [6, 6.07) is 9.24. The summed E-state index contributed by atoms with van der Waals surface area (Å²) in [7, 11) is 0. The third-order valence-electron chi connectivity index (χ3n) is 3.16. The summed E-state index contributed by atoms with van der Waals surface area (Å²) in [5.41, 5.74) is 1.65. The SMILES string of the molecule is CCOC(=O)C(CC)n1c(CC#N)nc2ccccc21. The van der Waals surface area contributed by atoms with Gasteiger partial charge < -0.3 is 9.30 Å². The monoisotopic (exact) mass is 271 g/mol. The van der Waals surface area contributed by atoms with Gasteiger partial charge in [-0.1, -0.05) is 19.1 Å². The van der Waals surface area contributed by atoms with Crippen molar-refractivity contribution in [2.24, 2.45) is 0 Å². The van der Waals surface area contributed by atoms with Crippen molar-refractivity contribution in [3.8, 4) is 6.07 Å². The molecule has 0 saturated heterocycles. The minimum Gasteiger partial charge on any atom is -0.464 e. The first-order chi connectivity index (χ1) is 9.72. The molecule has 0 spiro atoms. The van der Waals surface area contributed by atoms with E-state index < -0.39 is 6.04 Å². The van der Waals surface area contributed by atoms with E-state index in [1.807, 2.05) is 35.8 Å². The molecule has 5 heteroatoms. The summed E-state index contributed by atoms with van der Waals surface area (Å²) in [5.74, 6) is 0.325. The molecule has 0 aliphatic carbocycles. The molecule has 1 atom stereocenters. The standard InChI is InChI=1S/C15H17N3O2/c1-3-12(15(19)20-4-2)18-13-8-6-5-7-11(13)17-14(18)9-10-16/h5-8,12H,3-4,9H2,1-2H3. The summed E-state index contributed by atoms with van der Waals surface area (Å²) < 4.78 is 6.96. The Morgan fingerprint density at radius 1 is 1.45 bits per heavy atom. The first kappa shape index (κ1) is 14.1. The predicted octanol–water partition coefficient (Wildman–Crippen LogP) is 2.62. The van der Waals surface area contributed by atoms with Crippen molar-refractivity contribution in [3.63, 3.8) is 0 Å². The quantitative estimate of drug-likeness (QED) is 0.784. The first-order valence-electron chi connectivity index (χ1n) is 6.72. The normalized spacial score (nSPS) is 12.1. The van der Waals surface area contributed by atoms with E-state index in [4.69, 9.17) is 10.00 Å². The molecule has 1 aromatic heterocycles. The lowest BCUT2D eigenvalue weighted by Gasteiger charge is -2.18. The van der Waals surface area contributed by atoms with Crippen LogP contribution in [0.3, 0.4) is 0 Å². The number of hydrogen-bond acceptors (Lipinski definition) is 4. The fourth-order valence-electron chi connectivity index (χ4n) is 2.33. The molecule has 0 N–H and O–H groups in total. The van der Waals surface area contributed by atoms with Crippen molar-refractivity contribution in [3.05, 3.63) is 30.1 Å². The highest BCUT2D eigenvalue weighted by Gasteiger charge is 2.24. The zero-order chi connectivity index (χ0) is 14.5. The van der Waals surface area contributed by atoms with Gasteiger partial charge in [-0.05, 0) is 25.5 Å². The second-order valence-electron chi connectivity index (χ2n) is 4.40. The second-order valence-corrected chi connectivity index (χ2v) is 4.40. The number of ether oxygens (including phenoxy) is 1. The number of rotatable bonds is 5. The molecule has 104 valence electrons. The van der Waals surface area contributed by atoms with Gasteiger partial charge in [0, 0.05) is 0 Å². The first-order valence-corrected chi connectivity index (χ1v) is 6.72. The molecule has 2 rings (SSSR count). The summed E-state index contributed by atoms with van der Waals surface area (Å²) in [5, 5.41) is 8.95. The van der Waals surface area contributed by atoms with E-state index in [9.17, 15) is 4.79 Å². The van der Waals surface area contributed by atoms with Crippen LogP contribution in [0.25, 0.3) is 11.0 Å². The van der Waals surface area contributed by atoms with Crippen molar-refractivity contribution in [1.82, 2.24) is 9.55 Å². The van der Waals surface area contributed by atoms with Gasteiger partial charge in [0.2, 0.25) is 0 Å². The minimum absolute atomic E-state index is 0.171. The maximum absolute atomic E-state index is 12.1. The topological polar surface area (TPSA) is 67.9 Å². The van der Waals surface area contributed by atoms with E-state index in [0.29, 0.717) is 18.9 Å². The average Bonchev–Trinajstić information content (AvgIpc) is 2.79. The maximum atomic E-state index is 12.1. The van der Waals surface area contributed by atoms with E-state index in [-0.39, 0.29) is 12.4 Å². The van der Waals surface area contributed by atoms with Gasteiger partial charge >= 0.3 is 5.97 Å². The Morgan fingerprint density at radius 2 is 2.20 bits per heavy atom. The lowest BCUT2D eigenvalue weighted by Crippen LogP contribution is -2.23. The minimum atomic E-state index is -0.439. The zero-order valence-electron chi connectivity index (χ0n) is 11.7. The van der Waals surface area contributed by atoms with Crippen molar-refractivity contribution < 1.29 is 9.53 Å². The van der Waals surface area contributed by atoms with Crippen LogP contribution in [-0.2, 0) is 16.0 Å². The van der Waals surface area contributed by atoms with Gasteiger partial charge in [0.25, 0.3) is 0 Å². The van der Waals surface area contributed by atoms with Gasteiger partial charge in [-0.25, -0.2) is 9.78 Å². The van der Waals surface area contributed by atoms with Gasteiger partial charge in [-0.2, -0.15) is 5.26 Å². The molecule has 0 fully saturated rings. The van der Waals surface area contributed by atoms with Gasteiger partial charge in [0.1, 0.15) is 11.9 Å². The molecule has 1 heterocycles. The number of para-hydroxylation sites is 2. The lowest BCUT2D eigenvalue weighted by atomic mass is 10.2. The molecule has 0 saturated carbocycles. The van der Waals surface area contributed by atoms with E-state index in [2.05, 4.69) is 11.1 Å². The summed E-state index contributed by atoms with van der Waals surface area (Å²) in [4.78, 5) is 16.6. The Hall–Kier alpha value is -2.35. The molecule has 1 aromatic carbocycles. The van der Waals surface area contributed by atoms with Crippen LogP contribution in [0.1, 0.15) is 32.1 Å².